The smallest absolute Gasteiger partial charge is 0.116 e. The zero-order chi connectivity index (χ0) is 8.39. The lowest BCUT2D eigenvalue weighted by Gasteiger charge is -1.96. The van der Waals surface area contributed by atoms with Gasteiger partial charge in [-0.25, -0.2) is 9.97 Å². The first-order valence-corrected chi connectivity index (χ1v) is 3.78. The van der Waals surface area contributed by atoms with Crippen LogP contribution in [0.1, 0.15) is 5.69 Å². The van der Waals surface area contributed by atoms with Crippen LogP contribution in [0.15, 0.2) is 30.7 Å². The first kappa shape index (κ1) is 7.03. The Morgan fingerprint density at radius 1 is 1.33 bits per heavy atom. The topological polar surface area (TPSA) is 41.6 Å². The molecule has 3 heteroatoms. The number of rotatable bonds is 1. The molecule has 2 aromatic heterocycles. The van der Waals surface area contributed by atoms with Crippen molar-refractivity contribution in [3.05, 3.63) is 36.4 Å². The molecule has 0 aromatic carbocycles. The van der Waals surface area contributed by atoms with Gasteiger partial charge in [0.15, 0.2) is 0 Å². The molecule has 0 saturated carbocycles. The molecule has 0 aliphatic carbocycles. The maximum Gasteiger partial charge on any atom is 0.116 e. The standard InChI is InChI=1S/C9H9N3/c1-7-5-9(12-6-11-7)8-3-2-4-10-8/h2-6,10H,1H3. The molecule has 0 saturated heterocycles. The summed E-state index contributed by atoms with van der Waals surface area (Å²) in [6, 6.07) is 5.89. The Morgan fingerprint density at radius 2 is 2.25 bits per heavy atom. The second-order valence-corrected chi connectivity index (χ2v) is 2.63. The van der Waals surface area contributed by atoms with Crippen molar-refractivity contribution in [1.29, 1.82) is 0 Å². The fourth-order valence-electron chi connectivity index (χ4n) is 1.09. The van der Waals surface area contributed by atoms with Gasteiger partial charge in [0.1, 0.15) is 6.33 Å². The van der Waals surface area contributed by atoms with Crippen molar-refractivity contribution in [2.24, 2.45) is 0 Å². The van der Waals surface area contributed by atoms with Crippen molar-refractivity contribution in [3.8, 4) is 11.4 Å². The van der Waals surface area contributed by atoms with Gasteiger partial charge >= 0.3 is 0 Å². The third kappa shape index (κ3) is 1.21. The zero-order valence-corrected chi connectivity index (χ0v) is 6.78. The number of H-pyrrole nitrogens is 1. The van der Waals surface area contributed by atoms with Crippen molar-refractivity contribution < 1.29 is 0 Å². The van der Waals surface area contributed by atoms with Crippen LogP contribution < -0.4 is 0 Å². The van der Waals surface area contributed by atoms with Crippen LogP contribution in [0.25, 0.3) is 11.4 Å². The first-order chi connectivity index (χ1) is 5.86. The van der Waals surface area contributed by atoms with Gasteiger partial charge in [0.25, 0.3) is 0 Å². The van der Waals surface area contributed by atoms with E-state index in [0.717, 1.165) is 17.1 Å². The maximum absolute atomic E-state index is 4.14. The lowest BCUT2D eigenvalue weighted by atomic mass is 10.3. The van der Waals surface area contributed by atoms with E-state index in [-0.39, 0.29) is 0 Å². The largest absolute Gasteiger partial charge is 0.360 e. The maximum atomic E-state index is 4.14. The summed E-state index contributed by atoms with van der Waals surface area (Å²) in [4.78, 5) is 11.3. The highest BCUT2D eigenvalue weighted by molar-refractivity contribution is 5.53. The summed E-state index contributed by atoms with van der Waals surface area (Å²) in [5.74, 6) is 0. The first-order valence-electron chi connectivity index (χ1n) is 3.78. The lowest BCUT2D eigenvalue weighted by Crippen LogP contribution is -1.87. The van der Waals surface area contributed by atoms with Gasteiger partial charge in [0, 0.05) is 11.9 Å². The van der Waals surface area contributed by atoms with E-state index in [1.54, 1.807) is 6.33 Å². The molecular weight excluding hydrogens is 150 g/mol. The third-order valence-electron chi connectivity index (χ3n) is 1.68. The van der Waals surface area contributed by atoms with Gasteiger partial charge in [0.2, 0.25) is 0 Å². The Kier molecular flexibility index (Phi) is 1.63. The molecule has 2 aromatic rings. The molecule has 0 spiro atoms. The SMILES string of the molecule is Cc1cc(-c2ccc[nH]2)ncn1. The molecule has 0 atom stereocenters. The number of nitrogens with one attached hydrogen (secondary N) is 1. The Labute approximate surface area is 70.5 Å². The van der Waals surface area contributed by atoms with Gasteiger partial charge in [0.05, 0.1) is 11.4 Å². The average molecular weight is 159 g/mol. The summed E-state index contributed by atoms with van der Waals surface area (Å²) in [6.45, 7) is 1.95. The normalized spacial score (nSPS) is 10.1. The van der Waals surface area contributed by atoms with Crippen LogP contribution >= 0.6 is 0 Å². The van der Waals surface area contributed by atoms with Crippen molar-refractivity contribution in [2.75, 3.05) is 0 Å². The van der Waals surface area contributed by atoms with E-state index in [1.165, 1.54) is 0 Å². The number of aromatic nitrogens is 3. The highest BCUT2D eigenvalue weighted by atomic mass is 14.9. The van der Waals surface area contributed by atoms with Gasteiger partial charge in [-0.1, -0.05) is 0 Å². The van der Waals surface area contributed by atoms with Crippen LogP contribution in [0, 0.1) is 6.92 Å². The van der Waals surface area contributed by atoms with Crippen LogP contribution in [0.2, 0.25) is 0 Å². The highest BCUT2D eigenvalue weighted by Crippen LogP contribution is 2.12. The summed E-state index contributed by atoms with van der Waals surface area (Å²) in [5.41, 5.74) is 2.95. The van der Waals surface area contributed by atoms with Crippen LogP contribution in [0.3, 0.4) is 0 Å². The number of hydrogen-bond acceptors (Lipinski definition) is 2. The van der Waals surface area contributed by atoms with Gasteiger partial charge in [-0.2, -0.15) is 0 Å². The van der Waals surface area contributed by atoms with E-state index in [4.69, 9.17) is 0 Å². The van der Waals surface area contributed by atoms with Crippen LogP contribution in [-0.2, 0) is 0 Å². The van der Waals surface area contributed by atoms with Gasteiger partial charge < -0.3 is 4.98 Å². The molecular formula is C9H9N3. The highest BCUT2D eigenvalue weighted by Gasteiger charge is 1.98. The molecule has 0 unspecified atom stereocenters. The van der Waals surface area contributed by atoms with Crippen molar-refractivity contribution in [3.63, 3.8) is 0 Å². The van der Waals surface area contributed by atoms with E-state index in [2.05, 4.69) is 15.0 Å². The summed E-state index contributed by atoms with van der Waals surface area (Å²) in [7, 11) is 0. The molecule has 2 heterocycles. The third-order valence-corrected chi connectivity index (χ3v) is 1.68. The minimum Gasteiger partial charge on any atom is -0.360 e. The molecule has 0 radical (unpaired) electrons. The van der Waals surface area contributed by atoms with Gasteiger partial charge in [-0.15, -0.1) is 0 Å². The van der Waals surface area contributed by atoms with Crippen molar-refractivity contribution in [1.82, 2.24) is 15.0 Å². The molecule has 3 nitrogen and oxygen atoms in total. The molecule has 0 aliphatic rings. The van der Waals surface area contributed by atoms with Gasteiger partial charge in [-0.05, 0) is 25.1 Å². The molecule has 2 rings (SSSR count). The predicted molar refractivity (Wildman–Crippen MR) is 46.6 cm³/mol. The number of hydrogen-bond donors (Lipinski definition) is 1. The average Bonchev–Trinajstić information content (AvgIpc) is 2.56. The van der Waals surface area contributed by atoms with E-state index < -0.39 is 0 Å². The Morgan fingerprint density at radius 3 is 2.92 bits per heavy atom. The molecule has 1 N–H and O–H groups in total. The molecule has 0 fully saturated rings. The number of aromatic amines is 1. The summed E-state index contributed by atoms with van der Waals surface area (Å²) < 4.78 is 0. The van der Waals surface area contributed by atoms with Crippen LogP contribution in [0.5, 0.6) is 0 Å². The Hall–Kier alpha value is -1.64. The molecule has 0 bridgehead atoms. The summed E-state index contributed by atoms with van der Waals surface area (Å²) >= 11 is 0. The van der Waals surface area contributed by atoms with Crippen molar-refractivity contribution >= 4 is 0 Å². The van der Waals surface area contributed by atoms with E-state index >= 15 is 0 Å². The fraction of sp³-hybridized carbons (Fsp3) is 0.111. The Bertz CT molecular complexity index is 365. The van der Waals surface area contributed by atoms with Gasteiger partial charge in [-0.3, -0.25) is 0 Å². The van der Waals surface area contributed by atoms with Crippen LogP contribution in [0.4, 0.5) is 0 Å². The lowest BCUT2D eigenvalue weighted by molar-refractivity contribution is 1.10. The zero-order valence-electron chi connectivity index (χ0n) is 6.78. The van der Waals surface area contributed by atoms with E-state index in [0.29, 0.717) is 0 Å². The summed E-state index contributed by atoms with van der Waals surface area (Å²) in [6.07, 6.45) is 3.46. The minimum absolute atomic E-state index is 0.938. The van der Waals surface area contributed by atoms with Crippen LogP contribution in [-0.4, -0.2) is 15.0 Å². The monoisotopic (exact) mass is 159 g/mol. The Balaban J connectivity index is 2.48. The van der Waals surface area contributed by atoms with E-state index in [9.17, 15) is 0 Å². The summed E-state index contributed by atoms with van der Waals surface area (Å²) in [5, 5.41) is 0. The fourth-order valence-corrected chi connectivity index (χ4v) is 1.09. The molecule has 0 amide bonds. The quantitative estimate of drug-likeness (QED) is 0.689. The number of aryl methyl sites for hydroxylation is 1. The minimum atomic E-state index is 0.938. The molecule has 12 heavy (non-hydrogen) atoms. The second-order valence-electron chi connectivity index (χ2n) is 2.63. The van der Waals surface area contributed by atoms with Crippen molar-refractivity contribution in [2.45, 2.75) is 6.92 Å². The number of nitrogens with zero attached hydrogens (tertiary/aromatic N) is 2. The van der Waals surface area contributed by atoms with E-state index in [1.807, 2.05) is 31.3 Å². The molecule has 0 aliphatic heterocycles. The molecule has 60 valence electrons. The second kappa shape index (κ2) is 2.77. The predicted octanol–water partition coefficient (Wildman–Crippen LogP) is 1.78.